The van der Waals surface area contributed by atoms with Gasteiger partial charge in [-0.25, -0.2) is 0 Å². The van der Waals surface area contributed by atoms with Crippen LogP contribution >= 0.6 is 0 Å². The first-order valence-electron chi connectivity index (χ1n) is 3.99. The largest absolute Gasteiger partial charge is 0.388 e. The maximum absolute atomic E-state index is 10.5. The van der Waals surface area contributed by atoms with Crippen LogP contribution in [-0.4, -0.2) is 34.6 Å². The molecule has 0 saturated carbocycles. The monoisotopic (exact) mass is 157 g/mol. The molecule has 0 aromatic rings. The lowest BCUT2D eigenvalue weighted by atomic mass is 9.97. The normalized spacial score (nSPS) is 25.7. The lowest BCUT2D eigenvalue weighted by Crippen LogP contribution is -2.44. The standard InChI is InChI=1S/C8H15NO2/c1-8(2,11)7-4-3-5-9(7)6-10/h6-7,11H,3-5H2,1-2H3/t7-/m0/s1. The van der Waals surface area contributed by atoms with Gasteiger partial charge in [0.05, 0.1) is 11.6 Å². The van der Waals surface area contributed by atoms with E-state index in [1.54, 1.807) is 18.7 Å². The van der Waals surface area contributed by atoms with Crippen molar-refractivity contribution < 1.29 is 9.90 Å². The van der Waals surface area contributed by atoms with Crippen LogP contribution in [0, 0.1) is 0 Å². The summed E-state index contributed by atoms with van der Waals surface area (Å²) in [6.45, 7) is 4.29. The fourth-order valence-corrected chi connectivity index (χ4v) is 1.67. The summed E-state index contributed by atoms with van der Waals surface area (Å²) in [5.74, 6) is 0. The van der Waals surface area contributed by atoms with Gasteiger partial charge in [-0.2, -0.15) is 0 Å². The van der Waals surface area contributed by atoms with Gasteiger partial charge in [0, 0.05) is 6.54 Å². The van der Waals surface area contributed by atoms with Crippen molar-refractivity contribution in [2.45, 2.75) is 38.3 Å². The van der Waals surface area contributed by atoms with Crippen molar-refractivity contribution in [2.75, 3.05) is 6.54 Å². The predicted octanol–water partition coefficient (Wildman–Crippen LogP) is 0.378. The van der Waals surface area contributed by atoms with Gasteiger partial charge >= 0.3 is 0 Å². The highest BCUT2D eigenvalue weighted by Crippen LogP contribution is 2.24. The molecule has 1 N–H and O–H groups in total. The highest BCUT2D eigenvalue weighted by molar-refractivity contribution is 5.48. The third-order valence-electron chi connectivity index (χ3n) is 2.25. The van der Waals surface area contributed by atoms with Gasteiger partial charge in [0.2, 0.25) is 6.41 Å². The summed E-state index contributed by atoms with van der Waals surface area (Å²) in [6.07, 6.45) is 2.76. The number of aliphatic hydroxyl groups is 1. The predicted molar refractivity (Wildman–Crippen MR) is 42.1 cm³/mol. The molecular formula is C8H15NO2. The number of nitrogens with zero attached hydrogens (tertiary/aromatic N) is 1. The smallest absolute Gasteiger partial charge is 0.210 e. The van der Waals surface area contributed by atoms with Crippen LogP contribution in [0.25, 0.3) is 0 Å². The van der Waals surface area contributed by atoms with Crippen molar-refractivity contribution in [3.63, 3.8) is 0 Å². The highest BCUT2D eigenvalue weighted by atomic mass is 16.3. The van der Waals surface area contributed by atoms with Crippen LogP contribution in [-0.2, 0) is 4.79 Å². The number of hydrogen-bond donors (Lipinski definition) is 1. The van der Waals surface area contributed by atoms with E-state index in [0.717, 1.165) is 25.8 Å². The molecule has 1 aliphatic rings. The molecule has 0 bridgehead atoms. The van der Waals surface area contributed by atoms with Crippen molar-refractivity contribution in [2.24, 2.45) is 0 Å². The Hall–Kier alpha value is -0.570. The van der Waals surface area contributed by atoms with Crippen molar-refractivity contribution in [1.82, 2.24) is 4.90 Å². The second kappa shape index (κ2) is 2.81. The molecule has 0 unspecified atom stereocenters. The van der Waals surface area contributed by atoms with Crippen LogP contribution in [0.5, 0.6) is 0 Å². The number of carbonyl (C=O) groups is 1. The number of hydrogen-bond acceptors (Lipinski definition) is 2. The van der Waals surface area contributed by atoms with E-state index >= 15 is 0 Å². The minimum Gasteiger partial charge on any atom is -0.388 e. The van der Waals surface area contributed by atoms with Gasteiger partial charge in [0.15, 0.2) is 0 Å². The Bertz CT molecular complexity index is 151. The lowest BCUT2D eigenvalue weighted by molar-refractivity contribution is -0.123. The van der Waals surface area contributed by atoms with Crippen molar-refractivity contribution >= 4 is 6.41 Å². The van der Waals surface area contributed by atoms with Gasteiger partial charge in [-0.15, -0.1) is 0 Å². The first kappa shape index (κ1) is 8.53. The second-order valence-corrected chi connectivity index (χ2v) is 3.65. The van der Waals surface area contributed by atoms with E-state index in [9.17, 15) is 9.90 Å². The van der Waals surface area contributed by atoms with Gasteiger partial charge in [-0.3, -0.25) is 4.79 Å². The average molecular weight is 157 g/mol. The molecule has 1 aliphatic heterocycles. The Morgan fingerprint density at radius 1 is 1.64 bits per heavy atom. The maximum Gasteiger partial charge on any atom is 0.210 e. The third-order valence-corrected chi connectivity index (χ3v) is 2.25. The minimum atomic E-state index is -0.753. The van der Waals surface area contributed by atoms with Crippen molar-refractivity contribution in [3.8, 4) is 0 Å². The van der Waals surface area contributed by atoms with Crippen LogP contribution in [0.2, 0.25) is 0 Å². The Morgan fingerprint density at radius 2 is 2.27 bits per heavy atom. The van der Waals surface area contributed by atoms with Gasteiger partial charge in [-0.05, 0) is 26.7 Å². The lowest BCUT2D eigenvalue weighted by Gasteiger charge is -2.31. The fourth-order valence-electron chi connectivity index (χ4n) is 1.67. The molecular weight excluding hydrogens is 142 g/mol. The topological polar surface area (TPSA) is 40.5 Å². The van der Waals surface area contributed by atoms with Crippen molar-refractivity contribution in [1.29, 1.82) is 0 Å². The molecule has 1 atom stereocenters. The summed E-state index contributed by atoms with van der Waals surface area (Å²) in [7, 11) is 0. The van der Waals surface area contributed by atoms with Gasteiger partial charge in [0.1, 0.15) is 0 Å². The van der Waals surface area contributed by atoms with Crippen molar-refractivity contribution in [3.05, 3.63) is 0 Å². The molecule has 0 spiro atoms. The molecule has 0 aliphatic carbocycles. The third kappa shape index (κ3) is 1.71. The summed E-state index contributed by atoms with van der Waals surface area (Å²) < 4.78 is 0. The highest BCUT2D eigenvalue weighted by Gasteiger charge is 2.34. The molecule has 1 saturated heterocycles. The summed E-state index contributed by atoms with van der Waals surface area (Å²) in [4.78, 5) is 12.2. The number of rotatable bonds is 2. The summed E-state index contributed by atoms with van der Waals surface area (Å²) >= 11 is 0. The van der Waals surface area contributed by atoms with E-state index in [-0.39, 0.29) is 6.04 Å². The Morgan fingerprint density at radius 3 is 2.64 bits per heavy atom. The number of amides is 1. The second-order valence-electron chi connectivity index (χ2n) is 3.65. The number of likely N-dealkylation sites (tertiary alicyclic amines) is 1. The Kier molecular flexibility index (Phi) is 2.18. The molecule has 1 fully saturated rings. The number of carbonyl (C=O) groups excluding carboxylic acids is 1. The molecule has 3 heteroatoms. The summed E-state index contributed by atoms with van der Waals surface area (Å²) in [5.41, 5.74) is -0.753. The molecule has 0 aromatic heterocycles. The van der Waals surface area contributed by atoms with Crippen LogP contribution < -0.4 is 0 Å². The molecule has 0 radical (unpaired) electrons. The van der Waals surface area contributed by atoms with E-state index in [1.165, 1.54) is 0 Å². The van der Waals surface area contributed by atoms with Crippen LogP contribution in [0.1, 0.15) is 26.7 Å². The van der Waals surface area contributed by atoms with Gasteiger partial charge < -0.3 is 10.0 Å². The molecule has 1 heterocycles. The zero-order valence-electron chi connectivity index (χ0n) is 7.08. The van der Waals surface area contributed by atoms with E-state index in [2.05, 4.69) is 0 Å². The molecule has 11 heavy (non-hydrogen) atoms. The van der Waals surface area contributed by atoms with E-state index in [0.29, 0.717) is 0 Å². The molecule has 3 nitrogen and oxygen atoms in total. The quantitative estimate of drug-likeness (QED) is 0.589. The molecule has 0 aromatic carbocycles. The van der Waals surface area contributed by atoms with E-state index in [1.807, 2.05) is 0 Å². The summed E-state index contributed by atoms with van der Waals surface area (Å²) in [6, 6.07) is 0.0139. The van der Waals surface area contributed by atoms with Crippen LogP contribution in [0.4, 0.5) is 0 Å². The molecule has 1 amide bonds. The van der Waals surface area contributed by atoms with Crippen LogP contribution in [0.15, 0.2) is 0 Å². The zero-order chi connectivity index (χ0) is 8.48. The zero-order valence-corrected chi connectivity index (χ0v) is 7.08. The van der Waals surface area contributed by atoms with E-state index in [4.69, 9.17) is 0 Å². The van der Waals surface area contributed by atoms with Gasteiger partial charge in [-0.1, -0.05) is 0 Å². The summed E-state index contributed by atoms with van der Waals surface area (Å²) in [5, 5.41) is 9.62. The molecule has 1 rings (SSSR count). The Balaban J connectivity index is 2.63. The van der Waals surface area contributed by atoms with E-state index < -0.39 is 5.60 Å². The molecule has 64 valence electrons. The first-order valence-corrected chi connectivity index (χ1v) is 3.99. The SMILES string of the molecule is CC(C)(O)[C@@H]1CCCN1C=O. The Labute approximate surface area is 67.0 Å². The van der Waals surface area contributed by atoms with Crippen LogP contribution in [0.3, 0.4) is 0 Å². The van der Waals surface area contributed by atoms with Gasteiger partial charge in [0.25, 0.3) is 0 Å². The minimum absolute atomic E-state index is 0.0139. The first-order chi connectivity index (χ1) is 5.05. The fraction of sp³-hybridized carbons (Fsp3) is 0.875. The average Bonchev–Trinajstić information content (AvgIpc) is 2.31. The maximum atomic E-state index is 10.5.